The van der Waals surface area contributed by atoms with E-state index in [-0.39, 0.29) is 6.61 Å². The first kappa shape index (κ1) is 10.3. The normalized spacial score (nSPS) is 24.6. The van der Waals surface area contributed by atoms with Crippen LogP contribution in [0.15, 0.2) is 36.5 Å². The molecule has 1 aliphatic carbocycles. The fraction of sp³-hybridized carbons (Fsp3) is 0.417. The van der Waals surface area contributed by atoms with Crippen molar-refractivity contribution in [2.24, 2.45) is 5.92 Å². The molecule has 0 saturated heterocycles. The van der Waals surface area contributed by atoms with E-state index in [1.165, 1.54) is 0 Å². The van der Waals surface area contributed by atoms with Crippen LogP contribution in [0, 0.1) is 5.92 Å². The van der Waals surface area contributed by atoms with Crippen LogP contribution in [0.3, 0.4) is 0 Å². The Bertz CT molecular complexity index is 324. The molecule has 2 atom stereocenters. The van der Waals surface area contributed by atoms with Gasteiger partial charge in [0.05, 0.1) is 5.69 Å². The minimum absolute atomic E-state index is 0.248. The molecule has 0 spiro atoms. The molecule has 0 unspecified atom stereocenters. The molecular weight excluding hydrogens is 188 g/mol. The van der Waals surface area contributed by atoms with E-state index in [0.717, 1.165) is 18.7 Å². The molecule has 80 valence electrons. The summed E-state index contributed by atoms with van der Waals surface area (Å²) in [4.78, 5) is 4.24. The Kier molecular flexibility index (Phi) is 3.48. The van der Waals surface area contributed by atoms with E-state index in [0.29, 0.717) is 12.0 Å². The Morgan fingerprint density at radius 2 is 2.33 bits per heavy atom. The van der Waals surface area contributed by atoms with E-state index >= 15 is 0 Å². The van der Waals surface area contributed by atoms with Gasteiger partial charge in [0.2, 0.25) is 0 Å². The molecule has 15 heavy (non-hydrogen) atoms. The molecule has 2 rings (SSSR count). The molecule has 0 bridgehead atoms. The third kappa shape index (κ3) is 2.88. The lowest BCUT2D eigenvalue weighted by Crippen LogP contribution is -2.26. The van der Waals surface area contributed by atoms with Crippen LogP contribution in [0.25, 0.3) is 0 Å². The van der Waals surface area contributed by atoms with Crippen molar-refractivity contribution in [2.75, 3.05) is 6.61 Å². The van der Waals surface area contributed by atoms with Crippen LogP contribution in [-0.2, 0) is 6.54 Å². The van der Waals surface area contributed by atoms with Gasteiger partial charge in [0.15, 0.2) is 0 Å². The highest BCUT2D eigenvalue weighted by Crippen LogP contribution is 2.17. The smallest absolute Gasteiger partial charge is 0.0541 e. The fourth-order valence-electron chi connectivity index (χ4n) is 1.80. The van der Waals surface area contributed by atoms with E-state index in [9.17, 15) is 0 Å². The lowest BCUT2D eigenvalue weighted by atomic mass is 10.1. The van der Waals surface area contributed by atoms with Gasteiger partial charge in [-0.25, -0.2) is 0 Å². The number of rotatable bonds is 4. The van der Waals surface area contributed by atoms with Crippen molar-refractivity contribution in [1.29, 1.82) is 0 Å². The number of nitrogens with zero attached hydrogens (tertiary/aromatic N) is 1. The molecule has 3 nitrogen and oxygen atoms in total. The largest absolute Gasteiger partial charge is 0.396 e. The van der Waals surface area contributed by atoms with E-state index < -0.39 is 0 Å². The predicted octanol–water partition coefficient (Wildman–Crippen LogP) is 1.11. The Labute approximate surface area is 89.9 Å². The van der Waals surface area contributed by atoms with Gasteiger partial charge in [0.25, 0.3) is 0 Å². The van der Waals surface area contributed by atoms with Gasteiger partial charge in [0.1, 0.15) is 0 Å². The van der Waals surface area contributed by atoms with Crippen LogP contribution in [0.5, 0.6) is 0 Å². The predicted molar refractivity (Wildman–Crippen MR) is 59.2 cm³/mol. The van der Waals surface area contributed by atoms with Crippen molar-refractivity contribution in [3.8, 4) is 0 Å². The first-order chi connectivity index (χ1) is 7.38. The van der Waals surface area contributed by atoms with Gasteiger partial charge < -0.3 is 10.4 Å². The molecule has 0 aromatic carbocycles. The Hall–Kier alpha value is -1.19. The summed E-state index contributed by atoms with van der Waals surface area (Å²) in [5.74, 6) is 0.325. The third-order valence-corrected chi connectivity index (χ3v) is 2.68. The number of hydrogen-bond acceptors (Lipinski definition) is 3. The van der Waals surface area contributed by atoms with Crippen molar-refractivity contribution in [3.05, 3.63) is 42.2 Å². The number of aliphatic hydroxyl groups is 1. The minimum atomic E-state index is 0.248. The summed E-state index contributed by atoms with van der Waals surface area (Å²) in [6.45, 7) is 1.03. The maximum atomic E-state index is 8.98. The van der Waals surface area contributed by atoms with Crippen LogP contribution in [0.4, 0.5) is 0 Å². The van der Waals surface area contributed by atoms with Crippen LogP contribution in [0.2, 0.25) is 0 Å². The van der Waals surface area contributed by atoms with Crippen LogP contribution >= 0.6 is 0 Å². The summed E-state index contributed by atoms with van der Waals surface area (Å²) in [6.07, 6.45) is 7.00. The summed E-state index contributed by atoms with van der Waals surface area (Å²) < 4.78 is 0. The summed E-state index contributed by atoms with van der Waals surface area (Å²) in [5.41, 5.74) is 1.05. The molecule has 1 heterocycles. The topological polar surface area (TPSA) is 45.1 Å². The van der Waals surface area contributed by atoms with Crippen molar-refractivity contribution in [1.82, 2.24) is 10.3 Å². The Morgan fingerprint density at radius 3 is 3.00 bits per heavy atom. The standard InChI is InChI=1S/C12H16N2O/c15-9-10-4-5-11(7-10)14-8-12-3-1-2-6-13-12/h1-6,10-11,14-15H,7-9H2/t10-,11+/m0/s1. The summed E-state index contributed by atoms with van der Waals surface area (Å²) in [6, 6.07) is 6.30. The number of pyridine rings is 1. The summed E-state index contributed by atoms with van der Waals surface area (Å²) in [7, 11) is 0. The number of nitrogens with one attached hydrogen (secondary N) is 1. The second-order valence-electron chi connectivity index (χ2n) is 3.87. The Morgan fingerprint density at radius 1 is 1.40 bits per heavy atom. The van der Waals surface area contributed by atoms with Crippen molar-refractivity contribution in [2.45, 2.75) is 19.0 Å². The lowest BCUT2D eigenvalue weighted by Gasteiger charge is -2.11. The average molecular weight is 204 g/mol. The molecule has 1 aromatic rings. The highest BCUT2D eigenvalue weighted by molar-refractivity contribution is 5.08. The van der Waals surface area contributed by atoms with Crippen LogP contribution < -0.4 is 5.32 Å². The van der Waals surface area contributed by atoms with E-state index in [1.54, 1.807) is 6.20 Å². The van der Waals surface area contributed by atoms with Crippen molar-refractivity contribution in [3.63, 3.8) is 0 Å². The molecule has 2 N–H and O–H groups in total. The van der Waals surface area contributed by atoms with E-state index in [1.807, 2.05) is 18.2 Å². The van der Waals surface area contributed by atoms with Gasteiger partial charge >= 0.3 is 0 Å². The zero-order valence-electron chi connectivity index (χ0n) is 8.63. The van der Waals surface area contributed by atoms with Gasteiger partial charge in [-0.15, -0.1) is 0 Å². The maximum absolute atomic E-state index is 8.98. The molecule has 0 fully saturated rings. The molecule has 1 aromatic heterocycles. The van der Waals surface area contributed by atoms with Crippen molar-refractivity contribution < 1.29 is 5.11 Å². The molecule has 0 saturated carbocycles. The van der Waals surface area contributed by atoms with Gasteiger partial charge in [-0.05, 0) is 18.6 Å². The third-order valence-electron chi connectivity index (χ3n) is 2.68. The molecular formula is C12H16N2O. The van der Waals surface area contributed by atoms with Gasteiger partial charge in [-0.2, -0.15) is 0 Å². The lowest BCUT2D eigenvalue weighted by molar-refractivity contribution is 0.246. The van der Waals surface area contributed by atoms with Crippen LogP contribution in [0.1, 0.15) is 12.1 Å². The molecule has 0 amide bonds. The second-order valence-corrected chi connectivity index (χ2v) is 3.87. The van der Waals surface area contributed by atoms with Crippen LogP contribution in [-0.4, -0.2) is 22.7 Å². The average Bonchev–Trinajstić information content (AvgIpc) is 2.76. The first-order valence-electron chi connectivity index (χ1n) is 5.31. The minimum Gasteiger partial charge on any atom is -0.396 e. The fourth-order valence-corrected chi connectivity index (χ4v) is 1.80. The van der Waals surface area contributed by atoms with Crippen molar-refractivity contribution >= 4 is 0 Å². The zero-order valence-corrected chi connectivity index (χ0v) is 8.63. The van der Waals surface area contributed by atoms with Gasteiger partial charge in [0, 0.05) is 31.3 Å². The van der Waals surface area contributed by atoms with Gasteiger partial charge in [-0.1, -0.05) is 18.2 Å². The monoisotopic (exact) mass is 204 g/mol. The van der Waals surface area contributed by atoms with E-state index in [4.69, 9.17) is 5.11 Å². The zero-order chi connectivity index (χ0) is 10.5. The molecule has 1 aliphatic rings. The SMILES string of the molecule is OC[C@H]1C=C[C@@H](NCc2ccccn2)C1. The summed E-state index contributed by atoms with van der Waals surface area (Å²) in [5, 5.41) is 12.4. The molecule has 3 heteroatoms. The highest BCUT2D eigenvalue weighted by Gasteiger charge is 2.17. The number of aromatic nitrogens is 1. The molecule has 0 aliphatic heterocycles. The number of aliphatic hydroxyl groups excluding tert-OH is 1. The number of hydrogen-bond donors (Lipinski definition) is 2. The quantitative estimate of drug-likeness (QED) is 0.722. The Balaban J connectivity index is 1.78. The molecule has 0 radical (unpaired) electrons. The maximum Gasteiger partial charge on any atom is 0.0541 e. The first-order valence-corrected chi connectivity index (χ1v) is 5.31. The highest BCUT2D eigenvalue weighted by atomic mass is 16.3. The second kappa shape index (κ2) is 5.05. The summed E-state index contributed by atoms with van der Waals surface area (Å²) >= 11 is 0. The van der Waals surface area contributed by atoms with E-state index in [2.05, 4.69) is 22.5 Å². The van der Waals surface area contributed by atoms with Gasteiger partial charge in [-0.3, -0.25) is 4.98 Å².